The van der Waals surface area contributed by atoms with Crippen LogP contribution in [0.2, 0.25) is 0 Å². The number of hydrogen-bond donors (Lipinski definition) is 3. The van der Waals surface area contributed by atoms with Gasteiger partial charge in [-0.05, 0) is 48.5 Å². The fraction of sp³-hybridized carbons (Fsp3) is 0.120. The second-order valence-corrected chi connectivity index (χ2v) is 9.06. The Morgan fingerprint density at radius 1 is 1.03 bits per heavy atom. The quantitative estimate of drug-likeness (QED) is 0.281. The number of nitrogens with one attached hydrogen (secondary N) is 3. The van der Waals surface area contributed by atoms with Gasteiger partial charge in [0.15, 0.2) is 11.0 Å². The Labute approximate surface area is 202 Å². The molecule has 0 amide bonds. The third-order valence-electron chi connectivity index (χ3n) is 5.78. The monoisotopic (exact) mass is 487 g/mol. The van der Waals surface area contributed by atoms with Crippen LogP contribution in [0.25, 0.3) is 55.2 Å². The highest BCUT2D eigenvalue weighted by Gasteiger charge is 2.21. The van der Waals surface area contributed by atoms with E-state index in [0.29, 0.717) is 61.7 Å². The topological polar surface area (TPSA) is 95.2 Å². The third kappa shape index (κ3) is 3.76. The molecule has 0 spiro atoms. The predicted molar refractivity (Wildman–Crippen MR) is 133 cm³/mol. The molecule has 174 valence electrons. The minimum atomic E-state index is -0.409. The molecule has 0 aliphatic rings. The molecule has 1 aromatic carbocycles. The highest BCUT2D eigenvalue weighted by Crippen LogP contribution is 2.36. The van der Waals surface area contributed by atoms with Crippen molar-refractivity contribution in [1.82, 2.24) is 35.5 Å². The van der Waals surface area contributed by atoms with E-state index in [-0.39, 0.29) is 5.13 Å². The predicted octanol–water partition coefficient (Wildman–Crippen LogP) is 5.68. The van der Waals surface area contributed by atoms with Crippen molar-refractivity contribution in [2.24, 2.45) is 0 Å². The Bertz CT molecular complexity index is 1680. The van der Waals surface area contributed by atoms with Gasteiger partial charge in [-0.3, -0.25) is 15.1 Å². The molecular weight excluding hydrogens is 468 g/mol. The number of aromatic nitrogens is 6. The smallest absolute Gasteiger partial charge is 0.177 e. The van der Waals surface area contributed by atoms with Gasteiger partial charge < -0.3 is 10.3 Å². The molecule has 10 heteroatoms. The summed E-state index contributed by atoms with van der Waals surface area (Å²) in [6.45, 7) is 3.52. The van der Waals surface area contributed by atoms with E-state index in [2.05, 4.69) is 35.5 Å². The zero-order chi connectivity index (χ0) is 23.9. The summed E-state index contributed by atoms with van der Waals surface area (Å²) in [6.07, 6.45) is 5.05. The van der Waals surface area contributed by atoms with Gasteiger partial charge in [0, 0.05) is 36.3 Å². The summed E-state index contributed by atoms with van der Waals surface area (Å²) in [5.74, 6) is -0.0135. The van der Waals surface area contributed by atoms with Gasteiger partial charge in [0.2, 0.25) is 0 Å². The Balaban J connectivity index is 1.48. The molecule has 0 fully saturated rings. The second-order valence-electron chi connectivity index (χ2n) is 8.03. The number of rotatable bonds is 6. The Hall–Kier alpha value is -4.02. The first-order valence-electron chi connectivity index (χ1n) is 11.0. The average Bonchev–Trinajstić information content (AvgIpc) is 3.60. The average molecular weight is 488 g/mol. The van der Waals surface area contributed by atoms with Gasteiger partial charge in [-0.25, -0.2) is 9.37 Å². The molecule has 0 saturated heterocycles. The van der Waals surface area contributed by atoms with Crippen LogP contribution in [0.1, 0.15) is 12.5 Å². The van der Waals surface area contributed by atoms with E-state index < -0.39 is 5.82 Å². The number of fused-ring (bicyclic) bond motifs is 2. The molecule has 5 aromatic heterocycles. The highest BCUT2D eigenvalue weighted by atomic mass is 32.1. The van der Waals surface area contributed by atoms with E-state index in [4.69, 9.17) is 0 Å². The zero-order valence-corrected chi connectivity index (χ0v) is 19.4. The largest absolute Gasteiger partial charge is 0.336 e. The van der Waals surface area contributed by atoms with Crippen molar-refractivity contribution in [3.8, 4) is 33.2 Å². The molecule has 0 aliphatic carbocycles. The Kier molecular flexibility index (Phi) is 5.31. The van der Waals surface area contributed by atoms with E-state index in [0.717, 1.165) is 23.4 Å². The van der Waals surface area contributed by atoms with Crippen LogP contribution in [0.5, 0.6) is 0 Å². The summed E-state index contributed by atoms with van der Waals surface area (Å²) in [6, 6.07) is 10.3. The molecule has 0 atom stereocenters. The van der Waals surface area contributed by atoms with Crippen LogP contribution in [0.3, 0.4) is 0 Å². The van der Waals surface area contributed by atoms with Crippen molar-refractivity contribution in [2.75, 3.05) is 6.54 Å². The first-order valence-corrected chi connectivity index (χ1v) is 11.9. The first-order chi connectivity index (χ1) is 17.1. The van der Waals surface area contributed by atoms with Gasteiger partial charge in [0.25, 0.3) is 0 Å². The zero-order valence-electron chi connectivity index (χ0n) is 18.6. The summed E-state index contributed by atoms with van der Waals surface area (Å²) in [5.41, 5.74) is 4.82. The van der Waals surface area contributed by atoms with Gasteiger partial charge in [-0.2, -0.15) is 9.49 Å². The lowest BCUT2D eigenvalue weighted by molar-refractivity contribution is 0.643. The number of benzene rings is 1. The van der Waals surface area contributed by atoms with E-state index in [1.54, 1.807) is 42.9 Å². The number of pyridine rings is 2. The molecule has 0 radical (unpaired) electrons. The lowest BCUT2D eigenvalue weighted by atomic mass is 10.0. The van der Waals surface area contributed by atoms with Crippen molar-refractivity contribution in [2.45, 2.75) is 13.5 Å². The fourth-order valence-corrected chi connectivity index (χ4v) is 4.87. The summed E-state index contributed by atoms with van der Waals surface area (Å²) in [5, 5.41) is 10.5. The molecule has 5 heterocycles. The normalized spacial score (nSPS) is 11.6. The second kappa shape index (κ2) is 8.64. The highest BCUT2D eigenvalue weighted by molar-refractivity contribution is 7.13. The maximum absolute atomic E-state index is 15.9. The lowest BCUT2D eigenvalue weighted by Crippen LogP contribution is -2.11. The molecule has 35 heavy (non-hydrogen) atoms. The van der Waals surface area contributed by atoms with Crippen LogP contribution in [0.4, 0.5) is 8.78 Å². The van der Waals surface area contributed by atoms with Crippen molar-refractivity contribution in [1.29, 1.82) is 0 Å². The number of nitrogens with zero attached hydrogens (tertiary/aromatic N) is 4. The van der Waals surface area contributed by atoms with E-state index in [1.807, 2.05) is 13.0 Å². The van der Waals surface area contributed by atoms with Crippen molar-refractivity contribution < 1.29 is 8.78 Å². The number of thiophene rings is 1. The summed E-state index contributed by atoms with van der Waals surface area (Å²) >= 11 is 0.998. The molecule has 6 rings (SSSR count). The molecule has 0 aliphatic heterocycles. The Morgan fingerprint density at radius 2 is 1.94 bits per heavy atom. The number of imidazole rings is 1. The molecule has 0 bridgehead atoms. The number of H-pyrrole nitrogens is 2. The summed E-state index contributed by atoms with van der Waals surface area (Å²) < 4.78 is 29.5. The van der Waals surface area contributed by atoms with Gasteiger partial charge in [-0.1, -0.05) is 6.92 Å². The number of aromatic amines is 2. The summed E-state index contributed by atoms with van der Waals surface area (Å²) in [4.78, 5) is 17.2. The molecule has 0 saturated carbocycles. The lowest BCUT2D eigenvalue weighted by Gasteiger charge is -2.07. The van der Waals surface area contributed by atoms with Gasteiger partial charge in [0.05, 0.1) is 21.3 Å². The summed E-state index contributed by atoms with van der Waals surface area (Å²) in [7, 11) is 0. The van der Waals surface area contributed by atoms with E-state index in [9.17, 15) is 4.39 Å². The fourth-order valence-electron chi connectivity index (χ4n) is 4.14. The van der Waals surface area contributed by atoms with Crippen LogP contribution in [-0.2, 0) is 6.54 Å². The van der Waals surface area contributed by atoms with E-state index >= 15 is 4.39 Å². The maximum Gasteiger partial charge on any atom is 0.177 e. The van der Waals surface area contributed by atoms with Gasteiger partial charge in [-0.15, -0.1) is 11.3 Å². The van der Waals surface area contributed by atoms with Crippen LogP contribution in [0.15, 0.2) is 55.0 Å². The minimum Gasteiger partial charge on any atom is -0.336 e. The number of halogens is 2. The van der Waals surface area contributed by atoms with E-state index in [1.165, 1.54) is 6.07 Å². The maximum atomic E-state index is 15.9. The van der Waals surface area contributed by atoms with Gasteiger partial charge >= 0.3 is 0 Å². The minimum absolute atomic E-state index is 0.300. The first kappa shape index (κ1) is 21.5. The van der Waals surface area contributed by atoms with Crippen LogP contribution in [0, 0.1) is 10.9 Å². The SMILES string of the molecule is CCNCc1cncc(-c2ccc3[nH]nc(-c4nc5c(-c6ccc(F)s6)nccc5[nH]4)c3c2F)c1. The van der Waals surface area contributed by atoms with Crippen LogP contribution in [-0.4, -0.2) is 36.7 Å². The van der Waals surface area contributed by atoms with Crippen molar-refractivity contribution >= 4 is 33.3 Å². The molecular formula is C25H19F2N7S. The standard InChI is InChI=1S/C25H19F2N7S/c1-2-28-10-13-9-14(12-29-11-13)15-3-4-16-20(21(15)27)24(34-33-16)25-31-17-7-8-30-23(22(17)32-25)18-5-6-19(26)35-18/h3-9,11-12,28H,2,10H2,1H3,(H,31,32)(H,33,34). The molecule has 6 aromatic rings. The van der Waals surface area contributed by atoms with Crippen molar-refractivity contribution in [3.63, 3.8) is 0 Å². The van der Waals surface area contributed by atoms with Crippen LogP contribution >= 0.6 is 11.3 Å². The van der Waals surface area contributed by atoms with Gasteiger partial charge in [0.1, 0.15) is 22.7 Å². The molecule has 0 unspecified atom stereocenters. The third-order valence-corrected chi connectivity index (χ3v) is 6.66. The number of hydrogen-bond acceptors (Lipinski definition) is 6. The van der Waals surface area contributed by atoms with Crippen molar-refractivity contribution in [3.05, 3.63) is 71.5 Å². The molecule has 3 N–H and O–H groups in total. The molecule has 7 nitrogen and oxygen atoms in total. The Morgan fingerprint density at radius 3 is 2.77 bits per heavy atom. The van der Waals surface area contributed by atoms with Crippen LogP contribution < -0.4 is 5.32 Å².